The minimum absolute atomic E-state index is 0.0176. The van der Waals surface area contributed by atoms with Gasteiger partial charge in [0.15, 0.2) is 16.7 Å². The molecule has 154 valence electrons. The summed E-state index contributed by atoms with van der Waals surface area (Å²) >= 11 is 3.10. The Hall–Kier alpha value is -1.90. The van der Waals surface area contributed by atoms with E-state index >= 15 is 0 Å². The van der Waals surface area contributed by atoms with Crippen molar-refractivity contribution in [1.82, 2.24) is 9.55 Å². The first-order chi connectivity index (χ1) is 14.2. The highest BCUT2D eigenvalue weighted by Crippen LogP contribution is 2.34. The number of hydrogen-bond acceptors (Lipinski definition) is 6. The fraction of sp³-hybridized carbons (Fsp3) is 0.429. The van der Waals surface area contributed by atoms with E-state index in [9.17, 15) is 9.18 Å². The predicted molar refractivity (Wildman–Crippen MR) is 115 cm³/mol. The van der Waals surface area contributed by atoms with Crippen LogP contribution in [0.2, 0.25) is 0 Å². The van der Waals surface area contributed by atoms with Crippen LogP contribution in [0.25, 0.3) is 10.2 Å². The summed E-state index contributed by atoms with van der Waals surface area (Å²) in [5, 5.41) is 1.45. The van der Waals surface area contributed by atoms with Crippen LogP contribution in [0.1, 0.15) is 23.3 Å². The number of nitrogens with zero attached hydrogens (tertiary/aromatic N) is 2. The number of halogens is 1. The molecule has 0 saturated carbocycles. The summed E-state index contributed by atoms with van der Waals surface area (Å²) in [5.74, 6) is 0.419. The third-order valence-corrected chi connectivity index (χ3v) is 7.09. The summed E-state index contributed by atoms with van der Waals surface area (Å²) in [6, 6.07) is 6.35. The molecule has 0 saturated heterocycles. The highest BCUT2D eigenvalue weighted by Gasteiger charge is 2.22. The molecule has 1 aliphatic rings. The topological polar surface area (TPSA) is 53.4 Å². The van der Waals surface area contributed by atoms with Gasteiger partial charge in [-0.1, -0.05) is 23.9 Å². The fourth-order valence-electron chi connectivity index (χ4n) is 3.56. The van der Waals surface area contributed by atoms with Gasteiger partial charge in [-0.05, 0) is 43.4 Å². The van der Waals surface area contributed by atoms with Gasteiger partial charge in [0.2, 0.25) is 0 Å². The van der Waals surface area contributed by atoms with Gasteiger partial charge in [-0.2, -0.15) is 0 Å². The highest BCUT2D eigenvalue weighted by atomic mass is 32.2. The maximum Gasteiger partial charge on any atom is 0.263 e. The van der Waals surface area contributed by atoms with Crippen LogP contribution >= 0.6 is 23.1 Å². The average Bonchev–Trinajstić information content (AvgIpc) is 3.10. The minimum atomic E-state index is -0.377. The van der Waals surface area contributed by atoms with Gasteiger partial charge in [0.05, 0.1) is 25.1 Å². The lowest BCUT2D eigenvalue weighted by atomic mass is 9.97. The number of benzene rings is 1. The van der Waals surface area contributed by atoms with Crippen LogP contribution in [0.15, 0.2) is 34.2 Å². The maximum absolute atomic E-state index is 13.7. The summed E-state index contributed by atoms with van der Waals surface area (Å²) in [5.41, 5.74) is 1.21. The second kappa shape index (κ2) is 9.28. The van der Waals surface area contributed by atoms with Crippen LogP contribution in [0.5, 0.6) is 5.75 Å². The van der Waals surface area contributed by atoms with E-state index in [1.807, 2.05) is 0 Å². The third-order valence-electron chi connectivity index (χ3n) is 4.97. The van der Waals surface area contributed by atoms with Crippen molar-refractivity contribution in [3.63, 3.8) is 0 Å². The molecule has 0 fully saturated rings. The molecule has 0 radical (unpaired) electrons. The van der Waals surface area contributed by atoms with Gasteiger partial charge in [0, 0.05) is 17.7 Å². The largest absolute Gasteiger partial charge is 0.490 e. The number of rotatable bonds is 8. The van der Waals surface area contributed by atoms with Gasteiger partial charge in [-0.3, -0.25) is 9.36 Å². The Morgan fingerprint density at radius 3 is 2.90 bits per heavy atom. The molecule has 0 amide bonds. The van der Waals surface area contributed by atoms with Crippen LogP contribution in [-0.4, -0.2) is 35.6 Å². The summed E-state index contributed by atoms with van der Waals surface area (Å²) in [4.78, 5) is 20.2. The Morgan fingerprint density at radius 2 is 2.07 bits per heavy atom. The smallest absolute Gasteiger partial charge is 0.263 e. The molecule has 0 atom stereocenters. The number of thiophene rings is 1. The Labute approximate surface area is 176 Å². The zero-order chi connectivity index (χ0) is 20.2. The number of methoxy groups -OCH3 is 1. The Balaban J connectivity index is 1.57. The lowest BCUT2D eigenvalue weighted by Gasteiger charge is -2.13. The van der Waals surface area contributed by atoms with E-state index in [0.29, 0.717) is 30.7 Å². The van der Waals surface area contributed by atoms with Crippen molar-refractivity contribution in [1.29, 1.82) is 0 Å². The predicted octanol–water partition coefficient (Wildman–Crippen LogP) is 4.29. The first kappa shape index (κ1) is 20.4. The molecule has 0 bridgehead atoms. The van der Waals surface area contributed by atoms with Gasteiger partial charge in [0.25, 0.3) is 5.56 Å². The number of hydrogen-bond donors (Lipinski definition) is 0. The van der Waals surface area contributed by atoms with Crippen LogP contribution in [0.3, 0.4) is 0 Å². The van der Waals surface area contributed by atoms with Gasteiger partial charge >= 0.3 is 0 Å². The first-order valence-electron chi connectivity index (χ1n) is 9.73. The molecule has 2 aromatic heterocycles. The van der Waals surface area contributed by atoms with Crippen molar-refractivity contribution >= 4 is 33.3 Å². The maximum atomic E-state index is 13.7. The summed E-state index contributed by atoms with van der Waals surface area (Å²) in [7, 11) is 1.62. The van der Waals surface area contributed by atoms with Crippen molar-refractivity contribution < 1.29 is 13.9 Å². The van der Waals surface area contributed by atoms with Gasteiger partial charge in [-0.25, -0.2) is 9.37 Å². The van der Waals surface area contributed by atoms with Crippen LogP contribution < -0.4 is 10.3 Å². The number of para-hydroxylation sites is 1. The lowest BCUT2D eigenvalue weighted by Crippen LogP contribution is -2.25. The molecule has 29 heavy (non-hydrogen) atoms. The van der Waals surface area contributed by atoms with Gasteiger partial charge < -0.3 is 9.47 Å². The molecule has 1 aromatic carbocycles. The van der Waals surface area contributed by atoms with Crippen LogP contribution in [0, 0.1) is 5.82 Å². The number of thioether (sulfide) groups is 1. The third kappa shape index (κ3) is 4.34. The number of aromatic nitrogens is 2. The second-order valence-electron chi connectivity index (χ2n) is 6.86. The Bertz CT molecular complexity index is 1060. The molecule has 1 aliphatic carbocycles. The fourth-order valence-corrected chi connectivity index (χ4v) is 5.70. The van der Waals surface area contributed by atoms with Crippen LogP contribution in [-0.2, 0) is 24.1 Å². The molecule has 2 heterocycles. The summed E-state index contributed by atoms with van der Waals surface area (Å²) in [6.45, 7) is 1.23. The Morgan fingerprint density at radius 1 is 1.24 bits per heavy atom. The molecule has 0 aliphatic heterocycles. The van der Waals surface area contributed by atoms with E-state index in [-0.39, 0.29) is 17.1 Å². The Kier molecular flexibility index (Phi) is 6.52. The lowest BCUT2D eigenvalue weighted by molar-refractivity contribution is 0.183. The zero-order valence-electron chi connectivity index (χ0n) is 16.3. The van der Waals surface area contributed by atoms with E-state index in [1.54, 1.807) is 41.2 Å². The van der Waals surface area contributed by atoms with E-state index in [0.717, 1.165) is 29.5 Å². The molecular weight excluding hydrogens is 411 g/mol. The van der Waals surface area contributed by atoms with Gasteiger partial charge in [0.1, 0.15) is 4.83 Å². The average molecular weight is 435 g/mol. The summed E-state index contributed by atoms with van der Waals surface area (Å²) in [6.07, 6.45) is 4.29. The van der Waals surface area contributed by atoms with Crippen molar-refractivity contribution in [2.75, 3.05) is 26.1 Å². The molecule has 0 unspecified atom stereocenters. The molecule has 4 rings (SSSR count). The normalized spacial score (nSPS) is 13.6. The molecule has 3 aromatic rings. The number of ether oxygens (including phenoxy) is 2. The summed E-state index contributed by atoms with van der Waals surface area (Å²) < 4.78 is 26.1. The first-order valence-corrected chi connectivity index (χ1v) is 11.5. The molecule has 8 heteroatoms. The van der Waals surface area contributed by atoms with Crippen molar-refractivity contribution in [3.05, 3.63) is 50.9 Å². The molecule has 0 spiro atoms. The van der Waals surface area contributed by atoms with Crippen molar-refractivity contribution in [2.24, 2.45) is 0 Å². The van der Waals surface area contributed by atoms with E-state index < -0.39 is 0 Å². The molecular formula is C21H23FN2O3S2. The van der Waals surface area contributed by atoms with Crippen molar-refractivity contribution in [2.45, 2.75) is 37.4 Å². The zero-order valence-corrected chi connectivity index (χ0v) is 17.9. The highest BCUT2D eigenvalue weighted by molar-refractivity contribution is 7.99. The van der Waals surface area contributed by atoms with Gasteiger partial charge in [-0.15, -0.1) is 11.3 Å². The SMILES string of the molecule is COCCn1c(SCCOc2ccccc2F)nc2sc3c(c2c1=O)CCCC3. The van der Waals surface area contributed by atoms with Crippen LogP contribution in [0.4, 0.5) is 4.39 Å². The van der Waals surface area contributed by atoms with E-state index in [2.05, 4.69) is 0 Å². The number of aryl methyl sites for hydroxylation is 2. The number of fused-ring (bicyclic) bond motifs is 3. The minimum Gasteiger partial charge on any atom is -0.490 e. The molecule has 5 nitrogen and oxygen atoms in total. The quantitative estimate of drug-likeness (QED) is 0.301. The molecule has 0 N–H and O–H groups in total. The van der Waals surface area contributed by atoms with E-state index in [1.165, 1.54) is 34.7 Å². The standard InChI is InChI=1S/C21H23FN2O3S2/c1-26-11-10-24-20(25)18-14-6-2-5-9-17(14)29-19(18)23-21(24)28-13-12-27-16-8-4-3-7-15(16)22/h3-4,7-8H,2,5-6,9-13H2,1H3. The van der Waals surface area contributed by atoms with E-state index in [4.69, 9.17) is 14.5 Å². The second-order valence-corrected chi connectivity index (χ2v) is 9.01. The monoisotopic (exact) mass is 434 g/mol. The van der Waals surface area contributed by atoms with Crippen molar-refractivity contribution in [3.8, 4) is 5.75 Å².